The molecule has 1 heterocycles. The third kappa shape index (κ3) is 6.82. The molecule has 0 radical (unpaired) electrons. The van der Waals surface area contributed by atoms with Gasteiger partial charge in [0.1, 0.15) is 18.2 Å². The fourth-order valence-electron chi connectivity index (χ4n) is 3.54. The maximum absolute atomic E-state index is 13.4. The molecule has 3 aromatic carbocycles. The van der Waals surface area contributed by atoms with Crippen molar-refractivity contribution >= 4 is 38.4 Å². The van der Waals surface area contributed by atoms with Gasteiger partial charge in [0.25, 0.3) is 10.0 Å². The molecule has 0 aliphatic rings. The summed E-state index contributed by atoms with van der Waals surface area (Å²) in [6, 6.07) is 14.6. The van der Waals surface area contributed by atoms with E-state index in [1.807, 2.05) is 0 Å². The summed E-state index contributed by atoms with van der Waals surface area (Å²) in [7, 11) is -1.20. The number of nitrogens with zero attached hydrogens (tertiary/aromatic N) is 2. The predicted octanol–water partition coefficient (Wildman–Crippen LogP) is 3.72. The molecule has 206 valence electrons. The third-order valence-corrected chi connectivity index (χ3v) is 6.73. The zero-order valence-electron chi connectivity index (χ0n) is 21.2. The molecule has 0 unspecified atom stereocenters. The van der Waals surface area contributed by atoms with E-state index in [1.165, 1.54) is 14.2 Å². The number of sulfonamides is 1. The van der Waals surface area contributed by atoms with E-state index in [0.717, 1.165) is 24.3 Å². The van der Waals surface area contributed by atoms with Gasteiger partial charge in [0.15, 0.2) is 23.1 Å². The van der Waals surface area contributed by atoms with E-state index in [0.29, 0.717) is 28.2 Å². The third-order valence-electron chi connectivity index (χ3n) is 5.37. The summed E-state index contributed by atoms with van der Waals surface area (Å²) < 4.78 is 64.1. The molecule has 0 saturated heterocycles. The maximum atomic E-state index is 13.4. The molecule has 0 spiro atoms. The number of benzene rings is 3. The SMILES string of the molecule is COc1cc(Nc2nc3ccccc3nc2NS(=O)(=O)c2ccc(F)cc2)c(OCCOCCO)c(OC)c1. The number of methoxy groups -OCH3 is 2. The van der Waals surface area contributed by atoms with Crippen molar-refractivity contribution in [1.82, 2.24) is 9.97 Å². The Morgan fingerprint density at radius 3 is 2.23 bits per heavy atom. The van der Waals surface area contributed by atoms with Crippen LogP contribution in [0.1, 0.15) is 0 Å². The topological polar surface area (TPSA) is 141 Å². The molecule has 13 heteroatoms. The number of ether oxygens (including phenoxy) is 4. The Bertz CT molecular complexity index is 1540. The summed E-state index contributed by atoms with van der Waals surface area (Å²) in [6.45, 7) is 0.382. The summed E-state index contributed by atoms with van der Waals surface area (Å²) in [4.78, 5) is 8.91. The lowest BCUT2D eigenvalue weighted by Gasteiger charge is -2.19. The monoisotopic (exact) mass is 558 g/mol. The number of halogens is 1. The number of aliphatic hydroxyl groups is 1. The van der Waals surface area contributed by atoms with Gasteiger partial charge in [-0.2, -0.15) is 0 Å². The fraction of sp³-hybridized carbons (Fsp3) is 0.231. The zero-order valence-corrected chi connectivity index (χ0v) is 22.0. The first-order valence-corrected chi connectivity index (χ1v) is 13.2. The number of rotatable bonds is 13. The summed E-state index contributed by atoms with van der Waals surface area (Å²) >= 11 is 0. The van der Waals surface area contributed by atoms with Crippen LogP contribution >= 0.6 is 0 Å². The normalized spacial score (nSPS) is 11.3. The molecule has 1 aromatic heterocycles. The van der Waals surface area contributed by atoms with Gasteiger partial charge in [0.2, 0.25) is 0 Å². The van der Waals surface area contributed by atoms with Gasteiger partial charge in [0.05, 0.1) is 55.7 Å². The van der Waals surface area contributed by atoms with E-state index in [-0.39, 0.29) is 48.7 Å². The van der Waals surface area contributed by atoms with Crippen molar-refractivity contribution in [1.29, 1.82) is 0 Å². The second-order valence-corrected chi connectivity index (χ2v) is 9.67. The van der Waals surface area contributed by atoms with Crippen LogP contribution in [-0.2, 0) is 14.8 Å². The highest BCUT2D eigenvalue weighted by Crippen LogP contribution is 2.41. The van der Waals surface area contributed by atoms with Crippen molar-refractivity contribution in [2.24, 2.45) is 0 Å². The second-order valence-electron chi connectivity index (χ2n) is 7.98. The lowest BCUT2D eigenvalue weighted by Crippen LogP contribution is -2.16. The molecule has 0 fully saturated rings. The van der Waals surface area contributed by atoms with E-state index in [4.69, 9.17) is 24.1 Å². The Kier molecular flexibility index (Phi) is 8.96. The number of anilines is 3. The van der Waals surface area contributed by atoms with E-state index in [2.05, 4.69) is 20.0 Å². The Morgan fingerprint density at radius 2 is 1.59 bits per heavy atom. The van der Waals surface area contributed by atoms with Crippen molar-refractivity contribution in [3.8, 4) is 17.2 Å². The number of nitrogens with one attached hydrogen (secondary N) is 2. The zero-order chi connectivity index (χ0) is 27.8. The number of para-hydroxylation sites is 2. The quantitative estimate of drug-likeness (QED) is 0.208. The van der Waals surface area contributed by atoms with Crippen molar-refractivity contribution in [3.63, 3.8) is 0 Å². The van der Waals surface area contributed by atoms with E-state index < -0.39 is 15.8 Å². The fourth-order valence-corrected chi connectivity index (χ4v) is 4.55. The molecule has 0 atom stereocenters. The number of aliphatic hydroxyl groups excluding tert-OH is 1. The summed E-state index contributed by atoms with van der Waals surface area (Å²) in [5.41, 5.74) is 1.29. The summed E-state index contributed by atoms with van der Waals surface area (Å²) in [5, 5.41) is 12.0. The van der Waals surface area contributed by atoms with Crippen molar-refractivity contribution < 1.29 is 36.9 Å². The largest absolute Gasteiger partial charge is 0.497 e. The van der Waals surface area contributed by atoms with Gasteiger partial charge < -0.3 is 29.4 Å². The Balaban J connectivity index is 1.76. The van der Waals surface area contributed by atoms with Gasteiger partial charge in [0, 0.05) is 12.1 Å². The minimum absolute atomic E-state index is 0.0658. The van der Waals surface area contributed by atoms with Crippen LogP contribution in [0.3, 0.4) is 0 Å². The Labute approximate surface area is 224 Å². The lowest BCUT2D eigenvalue weighted by atomic mass is 10.2. The molecule has 0 aliphatic heterocycles. The average molecular weight is 559 g/mol. The van der Waals surface area contributed by atoms with E-state index in [1.54, 1.807) is 36.4 Å². The molecular formula is C26H27FN4O7S. The van der Waals surface area contributed by atoms with Crippen molar-refractivity contribution in [3.05, 3.63) is 66.5 Å². The highest BCUT2D eigenvalue weighted by atomic mass is 32.2. The van der Waals surface area contributed by atoms with Crippen molar-refractivity contribution in [2.75, 3.05) is 50.7 Å². The first kappa shape index (κ1) is 27.8. The highest BCUT2D eigenvalue weighted by molar-refractivity contribution is 7.92. The van der Waals surface area contributed by atoms with Crippen LogP contribution in [0, 0.1) is 5.82 Å². The van der Waals surface area contributed by atoms with Crippen LogP contribution in [0.4, 0.5) is 21.7 Å². The number of hydrogen-bond acceptors (Lipinski definition) is 10. The van der Waals surface area contributed by atoms with Gasteiger partial charge in [-0.1, -0.05) is 12.1 Å². The number of aromatic nitrogens is 2. The molecule has 0 amide bonds. The van der Waals surface area contributed by atoms with Gasteiger partial charge in [-0.25, -0.2) is 22.8 Å². The Hall–Kier alpha value is -4.20. The van der Waals surface area contributed by atoms with Crippen LogP contribution < -0.4 is 24.2 Å². The molecule has 0 saturated carbocycles. The van der Waals surface area contributed by atoms with Crippen LogP contribution in [0.15, 0.2) is 65.6 Å². The van der Waals surface area contributed by atoms with Gasteiger partial charge in [-0.05, 0) is 36.4 Å². The van der Waals surface area contributed by atoms with Gasteiger partial charge in [-0.15, -0.1) is 0 Å². The van der Waals surface area contributed by atoms with Gasteiger partial charge >= 0.3 is 0 Å². The van der Waals surface area contributed by atoms with Crippen molar-refractivity contribution in [2.45, 2.75) is 4.90 Å². The standard InChI is InChI=1S/C26H27FN4O7S/c1-35-18-15-22(24(23(16-18)36-2)38-14-13-37-12-11-32)30-25-26(29-21-6-4-3-5-20(21)28-25)31-39(33,34)19-9-7-17(27)8-10-19/h3-10,15-16,32H,11-14H2,1-2H3,(H,28,30)(H,29,31). The minimum Gasteiger partial charge on any atom is -0.497 e. The smallest absolute Gasteiger partial charge is 0.263 e. The molecule has 0 aliphatic carbocycles. The Morgan fingerprint density at radius 1 is 0.897 bits per heavy atom. The predicted molar refractivity (Wildman–Crippen MR) is 143 cm³/mol. The number of fused-ring (bicyclic) bond motifs is 1. The van der Waals surface area contributed by atoms with Gasteiger partial charge in [-0.3, -0.25) is 4.72 Å². The molecule has 39 heavy (non-hydrogen) atoms. The molecule has 4 rings (SSSR count). The minimum atomic E-state index is -4.15. The van der Waals surface area contributed by atoms with E-state index >= 15 is 0 Å². The van der Waals surface area contributed by atoms with Crippen LogP contribution in [0.25, 0.3) is 11.0 Å². The molecule has 4 aromatic rings. The van der Waals surface area contributed by atoms with Crippen LogP contribution in [0.5, 0.6) is 17.2 Å². The average Bonchev–Trinajstić information content (AvgIpc) is 2.93. The molecule has 11 nitrogen and oxygen atoms in total. The number of hydrogen-bond donors (Lipinski definition) is 3. The first-order chi connectivity index (χ1) is 18.8. The first-order valence-electron chi connectivity index (χ1n) is 11.7. The molecule has 3 N–H and O–H groups in total. The molecular weight excluding hydrogens is 531 g/mol. The summed E-state index contributed by atoms with van der Waals surface area (Å²) in [6.07, 6.45) is 0. The molecule has 0 bridgehead atoms. The summed E-state index contributed by atoms with van der Waals surface area (Å²) in [5.74, 6) is 0.450. The van der Waals surface area contributed by atoms with Crippen LogP contribution in [-0.4, -0.2) is 64.1 Å². The second kappa shape index (κ2) is 12.6. The highest BCUT2D eigenvalue weighted by Gasteiger charge is 2.21. The van der Waals surface area contributed by atoms with E-state index in [9.17, 15) is 12.8 Å². The lowest BCUT2D eigenvalue weighted by molar-refractivity contribution is 0.0700. The van der Waals surface area contributed by atoms with Crippen LogP contribution in [0.2, 0.25) is 0 Å². The maximum Gasteiger partial charge on any atom is 0.263 e.